The molecule has 222 valence electrons. The first kappa shape index (κ1) is 31.8. The van der Waals surface area contributed by atoms with Gasteiger partial charge in [0.15, 0.2) is 0 Å². The van der Waals surface area contributed by atoms with Gasteiger partial charge in [0.05, 0.1) is 5.71 Å². The maximum atomic E-state index is 13.5. The van der Waals surface area contributed by atoms with Crippen LogP contribution >= 0.6 is 0 Å². The van der Waals surface area contributed by atoms with Crippen LogP contribution in [-0.4, -0.2) is 57.7 Å². The van der Waals surface area contributed by atoms with Gasteiger partial charge in [0.25, 0.3) is 0 Å². The molecule has 2 aromatic carbocycles. The second kappa shape index (κ2) is 12.5. The van der Waals surface area contributed by atoms with Crippen LogP contribution in [0.1, 0.15) is 86.3 Å². The van der Waals surface area contributed by atoms with Crippen LogP contribution in [0.5, 0.6) is 0 Å². The zero-order chi connectivity index (χ0) is 30.6. The van der Waals surface area contributed by atoms with E-state index in [9.17, 15) is 14.4 Å². The van der Waals surface area contributed by atoms with Gasteiger partial charge in [0, 0.05) is 17.2 Å². The number of rotatable bonds is 7. The minimum absolute atomic E-state index is 0.191. The second-order valence-corrected chi connectivity index (χ2v) is 13.4. The smallest absolute Gasteiger partial charge is 0.420 e. The van der Waals surface area contributed by atoms with Gasteiger partial charge in [-0.1, -0.05) is 60.7 Å². The highest BCUT2D eigenvalue weighted by Crippen LogP contribution is 2.42. The largest absolute Gasteiger partial charge is 0.458 e. The molecule has 0 saturated heterocycles. The molecular formula is C33H44N2O6. The van der Waals surface area contributed by atoms with Crippen molar-refractivity contribution in [2.45, 2.75) is 104 Å². The fraction of sp³-hybridized carbons (Fsp3) is 0.515. The zero-order valence-corrected chi connectivity index (χ0v) is 25.8. The van der Waals surface area contributed by atoms with E-state index < -0.39 is 47.0 Å². The lowest BCUT2D eigenvalue weighted by Gasteiger charge is -2.29. The normalized spacial score (nSPS) is 17.6. The summed E-state index contributed by atoms with van der Waals surface area (Å²) in [7, 11) is 0. The zero-order valence-electron chi connectivity index (χ0n) is 25.8. The van der Waals surface area contributed by atoms with Gasteiger partial charge >= 0.3 is 18.2 Å². The molecule has 0 spiro atoms. The molecule has 0 heterocycles. The number of carbonyl (C=O) groups excluding carboxylic acids is 3. The predicted octanol–water partition coefficient (Wildman–Crippen LogP) is 7.19. The Hall–Kier alpha value is -3.68. The summed E-state index contributed by atoms with van der Waals surface area (Å²) in [5.74, 6) is -0.655. The average molecular weight is 565 g/mol. The van der Waals surface area contributed by atoms with E-state index in [0.717, 1.165) is 16.0 Å². The number of esters is 1. The Bertz CT molecular complexity index is 1170. The lowest BCUT2D eigenvalue weighted by molar-refractivity contribution is -0.156. The molecule has 2 amide bonds. The van der Waals surface area contributed by atoms with Crippen molar-refractivity contribution in [3.05, 3.63) is 71.8 Å². The molecule has 8 nitrogen and oxygen atoms in total. The average Bonchev–Trinajstić information content (AvgIpc) is 3.57. The van der Waals surface area contributed by atoms with Crippen LogP contribution in [0.2, 0.25) is 0 Å². The van der Waals surface area contributed by atoms with Crippen molar-refractivity contribution in [1.82, 2.24) is 4.90 Å². The fourth-order valence-electron chi connectivity index (χ4n) is 4.29. The molecule has 0 unspecified atom stereocenters. The Kier molecular flexibility index (Phi) is 9.67. The van der Waals surface area contributed by atoms with Crippen molar-refractivity contribution in [1.29, 1.82) is 0 Å². The highest BCUT2D eigenvalue weighted by molar-refractivity contribution is 6.13. The lowest BCUT2D eigenvalue weighted by Crippen LogP contribution is -2.45. The number of nitrogens with zero attached hydrogens (tertiary/aromatic N) is 2. The molecule has 0 N–H and O–H groups in total. The van der Waals surface area contributed by atoms with Gasteiger partial charge in [-0.05, 0) is 81.1 Å². The third-order valence-corrected chi connectivity index (χ3v) is 5.98. The monoisotopic (exact) mass is 564 g/mol. The van der Waals surface area contributed by atoms with Crippen molar-refractivity contribution in [3.8, 4) is 0 Å². The summed E-state index contributed by atoms with van der Waals surface area (Å²) < 4.78 is 16.9. The van der Waals surface area contributed by atoms with Crippen LogP contribution in [0.3, 0.4) is 0 Å². The number of imide groups is 1. The first-order valence-corrected chi connectivity index (χ1v) is 14.1. The van der Waals surface area contributed by atoms with Gasteiger partial charge in [-0.3, -0.25) is 4.99 Å². The van der Waals surface area contributed by atoms with E-state index in [2.05, 4.69) is 0 Å². The molecule has 0 aliphatic heterocycles. The molecule has 2 aromatic rings. The van der Waals surface area contributed by atoms with Gasteiger partial charge in [-0.15, -0.1) is 0 Å². The first-order chi connectivity index (χ1) is 18.9. The van der Waals surface area contributed by atoms with Crippen LogP contribution in [0.25, 0.3) is 0 Å². The van der Waals surface area contributed by atoms with Crippen molar-refractivity contribution in [3.63, 3.8) is 0 Å². The lowest BCUT2D eigenvalue weighted by atomic mass is 10.0. The van der Waals surface area contributed by atoms with Gasteiger partial charge in [-0.2, -0.15) is 0 Å². The standard InChI is InChI=1S/C33H44N2O6/c1-31(2,3)39-28(36)25(34-27(22-16-12-10-13-17-22)23-18-14-11-15-19-23)20-24-21-26(24)35(29(37)40-32(4,5)6)30(38)41-33(7,8)9/h10-19,24-26H,20-21H2,1-9H3/t24-,25-,26-/m0/s1. The van der Waals surface area contributed by atoms with Gasteiger partial charge in [0.1, 0.15) is 22.8 Å². The Morgan fingerprint density at radius 3 is 1.54 bits per heavy atom. The topological polar surface area (TPSA) is 94.5 Å². The van der Waals surface area contributed by atoms with Gasteiger partial charge in [-0.25, -0.2) is 19.3 Å². The molecule has 1 fully saturated rings. The highest BCUT2D eigenvalue weighted by atomic mass is 16.6. The summed E-state index contributed by atoms with van der Waals surface area (Å²) in [6.07, 6.45) is -0.763. The molecule has 0 bridgehead atoms. The molecule has 1 saturated carbocycles. The Morgan fingerprint density at radius 2 is 1.15 bits per heavy atom. The van der Waals surface area contributed by atoms with Gasteiger partial charge < -0.3 is 14.2 Å². The maximum absolute atomic E-state index is 13.5. The van der Waals surface area contributed by atoms with Crippen LogP contribution in [0.4, 0.5) is 9.59 Å². The van der Waals surface area contributed by atoms with Crippen molar-refractivity contribution in [2.75, 3.05) is 0 Å². The Balaban J connectivity index is 1.96. The molecule has 1 aliphatic carbocycles. The predicted molar refractivity (Wildman–Crippen MR) is 159 cm³/mol. The van der Waals surface area contributed by atoms with Crippen LogP contribution in [0.15, 0.2) is 65.7 Å². The molecule has 41 heavy (non-hydrogen) atoms. The maximum Gasteiger partial charge on any atom is 0.420 e. The van der Waals surface area contributed by atoms with Crippen molar-refractivity contribution in [2.24, 2.45) is 10.9 Å². The molecule has 8 heteroatoms. The van der Waals surface area contributed by atoms with E-state index in [0.29, 0.717) is 12.1 Å². The summed E-state index contributed by atoms with van der Waals surface area (Å²) in [6.45, 7) is 15.9. The number of hydrogen-bond donors (Lipinski definition) is 0. The van der Waals surface area contributed by atoms with Gasteiger partial charge in [0.2, 0.25) is 0 Å². The van der Waals surface area contributed by atoms with E-state index in [4.69, 9.17) is 19.2 Å². The second-order valence-electron chi connectivity index (χ2n) is 13.4. The highest BCUT2D eigenvalue weighted by Gasteiger charge is 2.51. The number of amides is 2. The summed E-state index contributed by atoms with van der Waals surface area (Å²) in [4.78, 5) is 45.8. The number of benzene rings is 2. The summed E-state index contributed by atoms with van der Waals surface area (Å²) in [5.41, 5.74) is 0.0753. The van der Waals surface area contributed by atoms with E-state index in [1.807, 2.05) is 81.4 Å². The molecule has 1 aliphatic rings. The number of ether oxygens (including phenoxy) is 3. The molecule has 3 rings (SSSR count). The quantitative estimate of drug-likeness (QED) is 0.201. The SMILES string of the molecule is CC(C)(C)OC(=O)[C@H](C[C@H]1C[C@@H]1N(C(=O)OC(C)(C)C)C(=O)OC(C)(C)C)N=C(c1ccccc1)c1ccccc1. The molecular weight excluding hydrogens is 520 g/mol. The third kappa shape index (κ3) is 10.0. The third-order valence-electron chi connectivity index (χ3n) is 5.98. The molecule has 0 aromatic heterocycles. The van der Waals surface area contributed by atoms with Crippen molar-refractivity contribution >= 4 is 23.9 Å². The summed E-state index contributed by atoms with van der Waals surface area (Å²) in [6, 6.07) is 18.0. The molecule has 3 atom stereocenters. The van der Waals surface area contributed by atoms with E-state index >= 15 is 0 Å². The minimum atomic E-state index is -0.862. The summed E-state index contributed by atoms with van der Waals surface area (Å²) >= 11 is 0. The number of hydrogen-bond acceptors (Lipinski definition) is 7. The van der Waals surface area contributed by atoms with Crippen LogP contribution in [0, 0.1) is 5.92 Å². The van der Waals surface area contributed by atoms with Crippen LogP contribution in [-0.2, 0) is 19.0 Å². The van der Waals surface area contributed by atoms with E-state index in [-0.39, 0.29) is 12.3 Å². The Labute approximate surface area is 244 Å². The first-order valence-electron chi connectivity index (χ1n) is 14.1. The van der Waals surface area contributed by atoms with E-state index in [1.54, 1.807) is 41.5 Å². The van der Waals surface area contributed by atoms with E-state index in [1.165, 1.54) is 0 Å². The molecule has 0 radical (unpaired) electrons. The fourth-order valence-corrected chi connectivity index (χ4v) is 4.29. The van der Waals surface area contributed by atoms with Crippen molar-refractivity contribution < 1.29 is 28.6 Å². The summed E-state index contributed by atoms with van der Waals surface area (Å²) in [5, 5.41) is 0. The number of aliphatic imine (C=N–C) groups is 1. The number of carbonyl (C=O) groups is 3. The minimum Gasteiger partial charge on any atom is -0.458 e. The Morgan fingerprint density at radius 1 is 0.732 bits per heavy atom. The van der Waals surface area contributed by atoms with Crippen LogP contribution < -0.4 is 0 Å².